The van der Waals surface area contributed by atoms with E-state index < -0.39 is 0 Å². The number of nitrogens with two attached hydrogens (primary N) is 1. The molecule has 2 aliphatic rings. The van der Waals surface area contributed by atoms with Crippen molar-refractivity contribution in [1.29, 1.82) is 0 Å². The molecule has 0 amide bonds. The lowest BCUT2D eigenvalue weighted by Gasteiger charge is -2.40. The molecule has 0 aliphatic carbocycles. The Bertz CT molecular complexity index is 446. The monoisotopic (exact) mass is 288 g/mol. The Morgan fingerprint density at radius 3 is 2.52 bits per heavy atom. The van der Waals surface area contributed by atoms with Crippen LogP contribution in [0.4, 0.5) is 5.82 Å². The number of pyridine rings is 1. The summed E-state index contributed by atoms with van der Waals surface area (Å²) in [4.78, 5) is 9.68. The summed E-state index contributed by atoms with van der Waals surface area (Å²) in [6.07, 6.45) is 8.62. The first-order valence-corrected chi connectivity index (χ1v) is 8.44. The molecular formula is C17H28N4. The Labute approximate surface area is 128 Å². The zero-order chi connectivity index (χ0) is 14.7. The fourth-order valence-corrected chi connectivity index (χ4v) is 3.63. The molecule has 1 aromatic rings. The topological polar surface area (TPSA) is 45.4 Å². The summed E-state index contributed by atoms with van der Waals surface area (Å²) in [5, 5.41) is 0. The molecule has 116 valence electrons. The van der Waals surface area contributed by atoms with Crippen LogP contribution in [0.2, 0.25) is 0 Å². The summed E-state index contributed by atoms with van der Waals surface area (Å²) < 4.78 is 0. The number of hydrogen-bond acceptors (Lipinski definition) is 4. The zero-order valence-electron chi connectivity index (χ0n) is 13.2. The van der Waals surface area contributed by atoms with Crippen molar-refractivity contribution in [1.82, 2.24) is 9.88 Å². The molecule has 0 unspecified atom stereocenters. The van der Waals surface area contributed by atoms with Gasteiger partial charge in [0.25, 0.3) is 0 Å². The van der Waals surface area contributed by atoms with E-state index >= 15 is 0 Å². The first-order chi connectivity index (χ1) is 10.2. The highest BCUT2D eigenvalue weighted by atomic mass is 15.2. The van der Waals surface area contributed by atoms with Crippen LogP contribution in [-0.2, 0) is 0 Å². The molecule has 2 N–H and O–H groups in total. The summed E-state index contributed by atoms with van der Waals surface area (Å²) in [5.41, 5.74) is 7.16. The predicted molar refractivity (Wildman–Crippen MR) is 87.5 cm³/mol. The minimum atomic E-state index is 0.0811. The molecule has 1 atom stereocenters. The molecule has 0 bridgehead atoms. The summed E-state index contributed by atoms with van der Waals surface area (Å²) in [6.45, 7) is 6.89. The van der Waals surface area contributed by atoms with E-state index in [0.717, 1.165) is 24.9 Å². The molecule has 2 saturated heterocycles. The number of hydrogen-bond donors (Lipinski definition) is 1. The van der Waals surface area contributed by atoms with Crippen molar-refractivity contribution in [3.63, 3.8) is 0 Å². The average molecular weight is 288 g/mol. The molecular weight excluding hydrogens is 260 g/mol. The van der Waals surface area contributed by atoms with Crippen molar-refractivity contribution >= 4 is 5.82 Å². The van der Waals surface area contributed by atoms with E-state index in [4.69, 9.17) is 5.73 Å². The molecule has 2 aliphatic heterocycles. The molecule has 21 heavy (non-hydrogen) atoms. The second-order valence-corrected chi connectivity index (χ2v) is 6.55. The number of likely N-dealkylation sites (tertiary alicyclic amines) is 1. The maximum atomic E-state index is 5.98. The second-order valence-electron chi connectivity index (χ2n) is 6.55. The highest BCUT2D eigenvalue weighted by molar-refractivity contribution is 5.42. The number of aromatic nitrogens is 1. The molecule has 3 heterocycles. The lowest BCUT2D eigenvalue weighted by atomic mass is 10.00. The van der Waals surface area contributed by atoms with Gasteiger partial charge in [-0.25, -0.2) is 4.98 Å². The van der Waals surface area contributed by atoms with E-state index in [1.807, 2.05) is 19.2 Å². The molecule has 4 heteroatoms. The van der Waals surface area contributed by atoms with Gasteiger partial charge in [-0.3, -0.25) is 0 Å². The Balaban J connectivity index is 1.59. The number of nitrogens with zero attached hydrogens (tertiary/aromatic N) is 3. The van der Waals surface area contributed by atoms with E-state index in [1.165, 1.54) is 50.8 Å². The van der Waals surface area contributed by atoms with Crippen LogP contribution in [0.5, 0.6) is 0 Å². The van der Waals surface area contributed by atoms with Crippen LogP contribution in [-0.4, -0.2) is 42.1 Å². The molecule has 3 rings (SSSR count). The zero-order valence-corrected chi connectivity index (χ0v) is 13.2. The highest BCUT2D eigenvalue weighted by Gasteiger charge is 2.26. The number of piperidine rings is 2. The van der Waals surface area contributed by atoms with Gasteiger partial charge in [-0.05, 0) is 63.4 Å². The molecule has 0 radical (unpaired) electrons. The number of rotatable bonds is 3. The third-order valence-electron chi connectivity index (χ3n) is 4.99. The van der Waals surface area contributed by atoms with Crippen LogP contribution in [0.1, 0.15) is 50.6 Å². The second kappa shape index (κ2) is 6.75. The van der Waals surface area contributed by atoms with E-state index in [0.29, 0.717) is 0 Å². The lowest BCUT2D eigenvalue weighted by Crippen LogP contribution is -2.46. The Morgan fingerprint density at radius 2 is 1.86 bits per heavy atom. The van der Waals surface area contributed by atoms with Crippen LogP contribution in [0.25, 0.3) is 0 Å². The van der Waals surface area contributed by atoms with Gasteiger partial charge >= 0.3 is 0 Å². The number of anilines is 1. The first kappa shape index (κ1) is 14.8. The summed E-state index contributed by atoms with van der Waals surface area (Å²) >= 11 is 0. The van der Waals surface area contributed by atoms with Crippen molar-refractivity contribution in [2.45, 2.75) is 51.1 Å². The Hall–Kier alpha value is -1.13. The van der Waals surface area contributed by atoms with Crippen molar-refractivity contribution in [3.8, 4) is 0 Å². The largest absolute Gasteiger partial charge is 0.356 e. The van der Waals surface area contributed by atoms with Gasteiger partial charge in [0, 0.05) is 31.4 Å². The van der Waals surface area contributed by atoms with Gasteiger partial charge in [0.2, 0.25) is 0 Å². The fourth-order valence-electron chi connectivity index (χ4n) is 3.63. The summed E-state index contributed by atoms with van der Waals surface area (Å²) in [6, 6.07) is 5.05. The van der Waals surface area contributed by atoms with Crippen LogP contribution < -0.4 is 10.6 Å². The van der Waals surface area contributed by atoms with E-state index in [-0.39, 0.29) is 6.04 Å². The van der Waals surface area contributed by atoms with Gasteiger partial charge in [0.1, 0.15) is 5.82 Å². The minimum Gasteiger partial charge on any atom is -0.356 e. The summed E-state index contributed by atoms with van der Waals surface area (Å²) in [5.74, 6) is 1.10. The van der Waals surface area contributed by atoms with Gasteiger partial charge in [0.05, 0.1) is 0 Å². The quantitative estimate of drug-likeness (QED) is 0.928. The minimum absolute atomic E-state index is 0.0811. The molecule has 1 aromatic heterocycles. The standard InChI is InChI=1S/C17H28N4/c1-14(18)15-5-8-19-17(13-15)21-11-6-16(7-12-21)20-9-3-2-4-10-20/h5,8,13-14,16H,2-4,6-7,9-12,18H2,1H3/t14-/m0/s1. The maximum absolute atomic E-state index is 5.98. The lowest BCUT2D eigenvalue weighted by molar-refractivity contribution is 0.141. The van der Waals surface area contributed by atoms with Gasteiger partial charge < -0.3 is 15.5 Å². The fraction of sp³-hybridized carbons (Fsp3) is 0.706. The van der Waals surface area contributed by atoms with Crippen LogP contribution >= 0.6 is 0 Å². The van der Waals surface area contributed by atoms with Crippen molar-refractivity contribution in [2.24, 2.45) is 5.73 Å². The van der Waals surface area contributed by atoms with Gasteiger partial charge in [-0.1, -0.05) is 6.42 Å². The SMILES string of the molecule is C[C@H](N)c1ccnc(N2CCC(N3CCCCC3)CC2)c1. The summed E-state index contributed by atoms with van der Waals surface area (Å²) in [7, 11) is 0. The van der Waals surface area contributed by atoms with E-state index in [2.05, 4.69) is 20.9 Å². The van der Waals surface area contributed by atoms with Gasteiger partial charge in [0.15, 0.2) is 0 Å². The van der Waals surface area contributed by atoms with Crippen molar-refractivity contribution < 1.29 is 0 Å². The highest BCUT2D eigenvalue weighted by Crippen LogP contribution is 2.24. The van der Waals surface area contributed by atoms with Crippen molar-refractivity contribution in [2.75, 3.05) is 31.1 Å². The molecule has 4 nitrogen and oxygen atoms in total. The maximum Gasteiger partial charge on any atom is 0.128 e. The Kier molecular flexibility index (Phi) is 4.76. The van der Waals surface area contributed by atoms with Crippen LogP contribution in [0.15, 0.2) is 18.3 Å². The van der Waals surface area contributed by atoms with Crippen LogP contribution in [0, 0.1) is 0 Å². The van der Waals surface area contributed by atoms with Crippen LogP contribution in [0.3, 0.4) is 0 Å². The van der Waals surface area contributed by atoms with Gasteiger partial charge in [-0.15, -0.1) is 0 Å². The predicted octanol–water partition coefficient (Wildman–Crippen LogP) is 2.56. The Morgan fingerprint density at radius 1 is 1.14 bits per heavy atom. The van der Waals surface area contributed by atoms with E-state index in [9.17, 15) is 0 Å². The molecule has 2 fully saturated rings. The molecule has 0 spiro atoms. The molecule has 0 saturated carbocycles. The third-order valence-corrected chi connectivity index (χ3v) is 4.99. The third kappa shape index (κ3) is 3.55. The normalized spacial score (nSPS) is 23.2. The smallest absolute Gasteiger partial charge is 0.128 e. The van der Waals surface area contributed by atoms with Gasteiger partial charge in [-0.2, -0.15) is 0 Å². The first-order valence-electron chi connectivity index (χ1n) is 8.44. The van der Waals surface area contributed by atoms with Crippen molar-refractivity contribution in [3.05, 3.63) is 23.9 Å². The average Bonchev–Trinajstić information content (AvgIpc) is 2.56. The van der Waals surface area contributed by atoms with E-state index in [1.54, 1.807) is 0 Å². The molecule has 0 aromatic carbocycles.